The third kappa shape index (κ3) is 6.14. The minimum absolute atomic E-state index is 0.0697. The molecule has 7 nitrogen and oxygen atoms in total. The summed E-state index contributed by atoms with van der Waals surface area (Å²) in [5.74, 6) is -1.29. The Morgan fingerprint density at radius 3 is 2.25 bits per heavy atom. The van der Waals surface area contributed by atoms with Crippen LogP contribution in [0.15, 0.2) is 77.7 Å². The summed E-state index contributed by atoms with van der Waals surface area (Å²) in [5.41, 5.74) is 1.67. The van der Waals surface area contributed by atoms with Gasteiger partial charge in [-0.05, 0) is 60.5 Å². The van der Waals surface area contributed by atoms with E-state index in [9.17, 15) is 22.4 Å². The molecular formula is C23H22FN3O4S. The minimum atomic E-state index is -3.91. The molecule has 0 spiro atoms. The maximum Gasteiger partial charge on any atom is 0.261 e. The number of hydrogen-bond donors (Lipinski definition) is 3. The quantitative estimate of drug-likeness (QED) is 0.486. The first-order valence-corrected chi connectivity index (χ1v) is 11.2. The number of carbonyl (C=O) groups is 2. The third-order valence-corrected chi connectivity index (χ3v) is 5.96. The fourth-order valence-electron chi connectivity index (χ4n) is 2.81. The summed E-state index contributed by atoms with van der Waals surface area (Å²) in [6.45, 7) is 1.64. The highest BCUT2D eigenvalue weighted by atomic mass is 32.2. The Bertz CT molecular complexity index is 1210. The van der Waals surface area contributed by atoms with Crippen molar-refractivity contribution in [3.8, 4) is 0 Å². The smallest absolute Gasteiger partial charge is 0.261 e. The summed E-state index contributed by atoms with van der Waals surface area (Å²) in [5, 5.41) is 5.22. The number of hydrogen-bond acceptors (Lipinski definition) is 4. The van der Waals surface area contributed by atoms with Crippen molar-refractivity contribution in [1.29, 1.82) is 0 Å². The van der Waals surface area contributed by atoms with E-state index in [0.29, 0.717) is 6.54 Å². The first-order valence-electron chi connectivity index (χ1n) is 9.72. The SMILES string of the molecule is Cc1cc(S(=O)(=O)Nc2ccc(C(=O)NCC(=O)NCc3ccccc3)cc2)ccc1F. The van der Waals surface area contributed by atoms with Gasteiger partial charge in [0.2, 0.25) is 5.91 Å². The van der Waals surface area contributed by atoms with Crippen LogP contribution in [0.3, 0.4) is 0 Å². The average Bonchev–Trinajstić information content (AvgIpc) is 2.78. The van der Waals surface area contributed by atoms with E-state index in [1.165, 1.54) is 43.3 Å². The van der Waals surface area contributed by atoms with E-state index < -0.39 is 21.7 Å². The van der Waals surface area contributed by atoms with Crippen molar-refractivity contribution >= 4 is 27.5 Å². The largest absolute Gasteiger partial charge is 0.350 e. The molecule has 9 heteroatoms. The molecule has 0 aliphatic carbocycles. The van der Waals surface area contributed by atoms with Gasteiger partial charge in [-0.2, -0.15) is 0 Å². The van der Waals surface area contributed by atoms with Gasteiger partial charge in [0.05, 0.1) is 11.4 Å². The summed E-state index contributed by atoms with van der Waals surface area (Å²) < 4.78 is 40.7. The number of sulfonamides is 1. The monoisotopic (exact) mass is 455 g/mol. The van der Waals surface area contributed by atoms with Gasteiger partial charge in [0, 0.05) is 17.8 Å². The van der Waals surface area contributed by atoms with Crippen LogP contribution in [0.4, 0.5) is 10.1 Å². The fourth-order valence-corrected chi connectivity index (χ4v) is 3.95. The van der Waals surface area contributed by atoms with E-state index in [2.05, 4.69) is 15.4 Å². The maximum absolute atomic E-state index is 13.4. The lowest BCUT2D eigenvalue weighted by Gasteiger charge is -2.10. The first-order chi connectivity index (χ1) is 15.2. The molecule has 0 atom stereocenters. The van der Waals surface area contributed by atoms with Crippen molar-refractivity contribution in [2.24, 2.45) is 0 Å². The molecule has 3 aromatic rings. The van der Waals surface area contributed by atoms with Gasteiger partial charge in [-0.25, -0.2) is 12.8 Å². The number of rotatable bonds is 8. The van der Waals surface area contributed by atoms with Crippen molar-refractivity contribution < 1.29 is 22.4 Å². The molecule has 0 bridgehead atoms. The van der Waals surface area contributed by atoms with Crippen LogP contribution >= 0.6 is 0 Å². The standard InChI is InChI=1S/C23H22FN3O4S/c1-16-13-20(11-12-21(16)24)32(30,31)27-19-9-7-18(8-10-19)23(29)26-15-22(28)25-14-17-5-3-2-4-6-17/h2-13,27H,14-15H2,1H3,(H,25,28)(H,26,29). The zero-order valence-electron chi connectivity index (χ0n) is 17.3. The van der Waals surface area contributed by atoms with Gasteiger partial charge in [0.1, 0.15) is 5.82 Å². The zero-order valence-corrected chi connectivity index (χ0v) is 18.1. The second kappa shape index (κ2) is 10.1. The van der Waals surface area contributed by atoms with Crippen LogP contribution in [0, 0.1) is 12.7 Å². The molecule has 0 radical (unpaired) electrons. The Kier molecular flexibility index (Phi) is 7.21. The highest BCUT2D eigenvalue weighted by Gasteiger charge is 2.16. The average molecular weight is 456 g/mol. The molecular weight excluding hydrogens is 433 g/mol. The molecule has 0 aliphatic heterocycles. The van der Waals surface area contributed by atoms with Crippen LogP contribution in [0.1, 0.15) is 21.5 Å². The summed E-state index contributed by atoms with van der Waals surface area (Å²) >= 11 is 0. The second-order valence-electron chi connectivity index (χ2n) is 7.04. The van der Waals surface area contributed by atoms with Gasteiger partial charge in [-0.3, -0.25) is 14.3 Å². The lowest BCUT2D eigenvalue weighted by molar-refractivity contribution is -0.120. The lowest BCUT2D eigenvalue weighted by atomic mass is 10.2. The van der Waals surface area contributed by atoms with Crippen molar-refractivity contribution in [3.63, 3.8) is 0 Å². The Morgan fingerprint density at radius 2 is 1.59 bits per heavy atom. The molecule has 0 unspecified atom stereocenters. The number of halogens is 1. The van der Waals surface area contributed by atoms with E-state index in [1.54, 1.807) is 0 Å². The number of amides is 2. The van der Waals surface area contributed by atoms with Gasteiger partial charge >= 0.3 is 0 Å². The summed E-state index contributed by atoms with van der Waals surface area (Å²) in [6, 6.07) is 18.6. The summed E-state index contributed by atoms with van der Waals surface area (Å²) in [6.07, 6.45) is 0. The number of anilines is 1. The van der Waals surface area contributed by atoms with E-state index in [4.69, 9.17) is 0 Å². The number of benzene rings is 3. The molecule has 2 amide bonds. The van der Waals surface area contributed by atoms with Gasteiger partial charge < -0.3 is 10.6 Å². The topological polar surface area (TPSA) is 104 Å². The highest BCUT2D eigenvalue weighted by molar-refractivity contribution is 7.92. The molecule has 3 aromatic carbocycles. The molecule has 32 heavy (non-hydrogen) atoms. The van der Waals surface area contributed by atoms with Crippen LogP contribution in [0.25, 0.3) is 0 Å². The normalized spacial score (nSPS) is 10.9. The van der Waals surface area contributed by atoms with Crippen LogP contribution in [0.5, 0.6) is 0 Å². The van der Waals surface area contributed by atoms with E-state index in [-0.39, 0.29) is 34.2 Å². The Hall–Kier alpha value is -3.72. The number of nitrogens with one attached hydrogen (secondary N) is 3. The van der Waals surface area contributed by atoms with Crippen molar-refractivity contribution in [3.05, 3.63) is 95.3 Å². The molecule has 3 N–H and O–H groups in total. The molecule has 0 heterocycles. The summed E-state index contributed by atoms with van der Waals surface area (Å²) in [7, 11) is -3.91. The van der Waals surface area contributed by atoms with E-state index >= 15 is 0 Å². The van der Waals surface area contributed by atoms with Crippen molar-refractivity contribution in [2.45, 2.75) is 18.4 Å². The van der Waals surface area contributed by atoms with Crippen LogP contribution in [-0.4, -0.2) is 26.8 Å². The molecule has 0 aromatic heterocycles. The van der Waals surface area contributed by atoms with E-state index in [1.807, 2.05) is 30.3 Å². The second-order valence-corrected chi connectivity index (χ2v) is 8.72. The minimum Gasteiger partial charge on any atom is -0.350 e. The third-order valence-electron chi connectivity index (χ3n) is 4.58. The predicted octanol–water partition coefficient (Wildman–Crippen LogP) is 2.98. The Labute approximate surface area is 185 Å². The molecule has 166 valence electrons. The molecule has 0 saturated carbocycles. The van der Waals surface area contributed by atoms with Crippen molar-refractivity contribution in [2.75, 3.05) is 11.3 Å². The molecule has 0 aliphatic rings. The van der Waals surface area contributed by atoms with Gasteiger partial charge in [0.15, 0.2) is 0 Å². The molecule has 3 rings (SSSR count). The maximum atomic E-state index is 13.4. The van der Waals surface area contributed by atoms with Gasteiger partial charge in [0.25, 0.3) is 15.9 Å². The Morgan fingerprint density at radius 1 is 0.906 bits per heavy atom. The predicted molar refractivity (Wildman–Crippen MR) is 119 cm³/mol. The number of aryl methyl sites for hydroxylation is 1. The van der Waals surface area contributed by atoms with Crippen molar-refractivity contribution in [1.82, 2.24) is 10.6 Å². The summed E-state index contributed by atoms with van der Waals surface area (Å²) in [4.78, 5) is 24.1. The van der Waals surface area contributed by atoms with Gasteiger partial charge in [-0.15, -0.1) is 0 Å². The van der Waals surface area contributed by atoms with E-state index in [0.717, 1.165) is 11.6 Å². The van der Waals surface area contributed by atoms with Crippen LogP contribution in [0.2, 0.25) is 0 Å². The van der Waals surface area contributed by atoms with Crippen LogP contribution < -0.4 is 15.4 Å². The lowest BCUT2D eigenvalue weighted by Crippen LogP contribution is -2.36. The van der Waals surface area contributed by atoms with Crippen LogP contribution in [-0.2, 0) is 21.4 Å². The zero-order chi connectivity index (χ0) is 23.1. The van der Waals surface area contributed by atoms with Gasteiger partial charge in [-0.1, -0.05) is 30.3 Å². The molecule has 0 saturated heterocycles. The highest BCUT2D eigenvalue weighted by Crippen LogP contribution is 2.19. The Balaban J connectivity index is 1.53. The molecule has 0 fully saturated rings. The first kappa shape index (κ1) is 23.0. The number of carbonyl (C=O) groups excluding carboxylic acids is 2. The fraction of sp³-hybridized carbons (Fsp3) is 0.130.